The second-order valence-corrected chi connectivity index (χ2v) is 15.7. The Morgan fingerprint density at radius 2 is 0.692 bits per heavy atom. The van der Waals surface area contributed by atoms with Gasteiger partial charge in [0.2, 0.25) is 0 Å². The summed E-state index contributed by atoms with van der Waals surface area (Å²) in [6, 6.07) is 6.70. The van der Waals surface area contributed by atoms with Crippen molar-refractivity contribution >= 4 is 11.9 Å². The first-order chi connectivity index (χ1) is 25.5. The lowest BCUT2D eigenvalue weighted by atomic mass is 10.0. The summed E-state index contributed by atoms with van der Waals surface area (Å²) < 4.78 is 11.1. The van der Waals surface area contributed by atoms with Gasteiger partial charge in [-0.3, -0.25) is 0 Å². The first-order valence-electron chi connectivity index (χ1n) is 22.3. The first kappa shape index (κ1) is 48.1. The lowest BCUT2D eigenvalue weighted by Gasteiger charge is -2.17. The van der Waals surface area contributed by atoms with Crippen LogP contribution in [0.3, 0.4) is 0 Å². The minimum Gasteiger partial charge on any atom is -0.461 e. The maximum Gasteiger partial charge on any atom is 0.338 e. The third-order valence-electron chi connectivity index (χ3n) is 10.5. The Kier molecular flexibility index (Phi) is 33.4. The smallest absolute Gasteiger partial charge is 0.338 e. The molecule has 0 saturated heterocycles. The lowest BCUT2D eigenvalue weighted by molar-refractivity contribution is 0.0471. The van der Waals surface area contributed by atoms with Gasteiger partial charge in [-0.1, -0.05) is 187 Å². The van der Waals surface area contributed by atoms with Gasteiger partial charge in [0, 0.05) is 13.1 Å². The van der Waals surface area contributed by atoms with E-state index in [1.54, 1.807) is 24.3 Å². The van der Waals surface area contributed by atoms with E-state index in [-0.39, 0.29) is 0 Å². The Labute approximate surface area is 322 Å². The molecule has 1 rings (SSSR count). The van der Waals surface area contributed by atoms with E-state index < -0.39 is 11.9 Å². The van der Waals surface area contributed by atoms with Gasteiger partial charge in [0.15, 0.2) is 0 Å². The molecule has 0 amide bonds. The second-order valence-electron chi connectivity index (χ2n) is 15.7. The molecule has 52 heavy (non-hydrogen) atoms. The number of carbonyl (C=O) groups excluding carboxylic acids is 2. The largest absolute Gasteiger partial charge is 0.461 e. The maximum absolute atomic E-state index is 12.7. The van der Waals surface area contributed by atoms with Crippen LogP contribution in [-0.2, 0) is 9.47 Å². The van der Waals surface area contributed by atoms with Crippen LogP contribution in [0.25, 0.3) is 0 Å². The van der Waals surface area contributed by atoms with Crippen LogP contribution in [-0.4, -0.2) is 75.2 Å². The molecule has 6 nitrogen and oxygen atoms in total. The summed E-state index contributed by atoms with van der Waals surface area (Å²) in [4.78, 5) is 29.8. The third-order valence-corrected chi connectivity index (χ3v) is 10.5. The Balaban J connectivity index is 2.03. The molecule has 0 aliphatic rings. The van der Waals surface area contributed by atoms with Crippen molar-refractivity contribution in [3.05, 3.63) is 35.4 Å². The van der Waals surface area contributed by atoms with Crippen LogP contribution in [0.15, 0.2) is 24.3 Å². The number of likely N-dealkylation sites (N-methyl/N-ethyl adjacent to an activating group) is 2. The van der Waals surface area contributed by atoms with Crippen LogP contribution < -0.4 is 0 Å². The minimum absolute atomic E-state index is 0.342. The van der Waals surface area contributed by atoms with E-state index in [9.17, 15) is 9.59 Å². The quantitative estimate of drug-likeness (QED) is 0.0499. The number of hydrogen-bond acceptors (Lipinski definition) is 6. The number of ether oxygens (including phenoxy) is 2. The minimum atomic E-state index is -0.396. The van der Waals surface area contributed by atoms with Crippen LogP contribution in [0.5, 0.6) is 0 Å². The van der Waals surface area contributed by atoms with E-state index in [2.05, 4.69) is 37.7 Å². The summed E-state index contributed by atoms with van der Waals surface area (Å²) in [6.07, 6.45) is 38.2. The average molecular weight is 729 g/mol. The van der Waals surface area contributed by atoms with E-state index in [0.717, 1.165) is 13.1 Å². The summed E-state index contributed by atoms with van der Waals surface area (Å²) in [5, 5.41) is 0. The second kappa shape index (κ2) is 36.1. The molecule has 0 fully saturated rings. The molecule has 0 heterocycles. The van der Waals surface area contributed by atoms with Gasteiger partial charge in [-0.25, -0.2) is 9.59 Å². The fourth-order valence-electron chi connectivity index (χ4n) is 6.90. The Morgan fingerprint density at radius 1 is 0.423 bits per heavy atom. The molecule has 0 bridgehead atoms. The van der Waals surface area contributed by atoms with Crippen LogP contribution in [0.2, 0.25) is 0 Å². The Hall–Kier alpha value is -1.92. The normalized spacial score (nSPS) is 11.5. The number of benzene rings is 1. The Bertz CT molecular complexity index is 883. The van der Waals surface area contributed by atoms with Gasteiger partial charge >= 0.3 is 11.9 Å². The summed E-state index contributed by atoms with van der Waals surface area (Å²) in [7, 11) is 4.17. The standard InChI is InChI=1S/C46H84N2O4/c1-5-7-9-11-13-15-17-19-21-23-25-27-29-31-36-47(3)38-40-51-45(49)43-34-33-35-44(42-43)46(50)52-41-39-48(4)37-32-30-28-26-24-22-20-18-16-14-12-10-8-6-2/h33-35,42H,5-32,36-41H2,1-4H3. The molecule has 6 heteroatoms. The summed E-state index contributed by atoms with van der Waals surface area (Å²) in [5.74, 6) is -0.792. The molecule has 0 radical (unpaired) electrons. The van der Waals surface area contributed by atoms with Crippen molar-refractivity contribution < 1.29 is 19.1 Å². The van der Waals surface area contributed by atoms with Gasteiger partial charge in [-0.2, -0.15) is 0 Å². The Morgan fingerprint density at radius 3 is 0.981 bits per heavy atom. The molecule has 0 spiro atoms. The molecule has 0 aliphatic heterocycles. The number of hydrogen-bond donors (Lipinski definition) is 0. The van der Waals surface area contributed by atoms with Crippen molar-refractivity contribution in [2.24, 2.45) is 0 Å². The zero-order chi connectivity index (χ0) is 37.7. The molecule has 0 saturated carbocycles. The fourth-order valence-corrected chi connectivity index (χ4v) is 6.90. The number of rotatable bonds is 38. The molecular formula is C46H84N2O4. The van der Waals surface area contributed by atoms with Crippen molar-refractivity contribution in [1.82, 2.24) is 9.80 Å². The molecule has 1 aromatic rings. The van der Waals surface area contributed by atoms with Gasteiger partial charge in [0.05, 0.1) is 11.1 Å². The van der Waals surface area contributed by atoms with Crippen molar-refractivity contribution in [2.45, 2.75) is 194 Å². The molecule has 0 atom stereocenters. The van der Waals surface area contributed by atoms with Crippen LogP contribution in [0, 0.1) is 0 Å². The molecule has 302 valence electrons. The van der Waals surface area contributed by atoms with Crippen molar-refractivity contribution in [3.8, 4) is 0 Å². The van der Waals surface area contributed by atoms with Gasteiger partial charge in [-0.15, -0.1) is 0 Å². The molecule has 0 aliphatic carbocycles. The van der Waals surface area contributed by atoms with E-state index in [1.807, 2.05) is 0 Å². The highest BCUT2D eigenvalue weighted by molar-refractivity contribution is 5.95. The monoisotopic (exact) mass is 729 g/mol. The third kappa shape index (κ3) is 29.5. The van der Waals surface area contributed by atoms with E-state index in [4.69, 9.17) is 9.47 Å². The SMILES string of the molecule is CCCCCCCCCCCCCCCCN(C)CCOC(=O)c1cccc(C(=O)OCCN(C)CCCCCCCCCCCCCCCC)c1. The fraction of sp³-hybridized carbons (Fsp3) is 0.826. The van der Waals surface area contributed by atoms with Crippen molar-refractivity contribution in [3.63, 3.8) is 0 Å². The lowest BCUT2D eigenvalue weighted by Crippen LogP contribution is -2.26. The topological polar surface area (TPSA) is 59.1 Å². The summed E-state index contributed by atoms with van der Waals surface area (Å²) in [6.45, 7) is 8.70. The van der Waals surface area contributed by atoms with E-state index >= 15 is 0 Å². The maximum atomic E-state index is 12.7. The van der Waals surface area contributed by atoms with E-state index in [1.165, 1.54) is 180 Å². The zero-order valence-electron chi connectivity index (χ0n) is 34.9. The summed E-state index contributed by atoms with van der Waals surface area (Å²) >= 11 is 0. The van der Waals surface area contributed by atoms with Gasteiger partial charge < -0.3 is 19.3 Å². The highest BCUT2D eigenvalue weighted by atomic mass is 16.5. The van der Waals surface area contributed by atoms with Gasteiger partial charge in [0.25, 0.3) is 0 Å². The average Bonchev–Trinajstić information content (AvgIpc) is 3.15. The van der Waals surface area contributed by atoms with E-state index in [0.29, 0.717) is 37.4 Å². The van der Waals surface area contributed by atoms with Gasteiger partial charge in [-0.05, 0) is 58.2 Å². The summed E-state index contributed by atoms with van der Waals surface area (Å²) in [5.41, 5.74) is 0.776. The van der Waals surface area contributed by atoms with Crippen LogP contribution in [0.4, 0.5) is 0 Å². The number of carbonyl (C=O) groups is 2. The predicted molar refractivity (Wildman–Crippen MR) is 223 cm³/mol. The first-order valence-corrected chi connectivity index (χ1v) is 22.3. The molecule has 1 aromatic carbocycles. The van der Waals surface area contributed by atoms with Crippen molar-refractivity contribution in [2.75, 3.05) is 53.5 Å². The number of unbranched alkanes of at least 4 members (excludes halogenated alkanes) is 26. The highest BCUT2D eigenvalue weighted by Gasteiger charge is 2.13. The van der Waals surface area contributed by atoms with Gasteiger partial charge in [0.1, 0.15) is 13.2 Å². The highest BCUT2D eigenvalue weighted by Crippen LogP contribution is 2.15. The number of nitrogens with zero attached hydrogens (tertiary/aromatic N) is 2. The molecule has 0 aromatic heterocycles. The van der Waals surface area contributed by atoms with Crippen molar-refractivity contribution in [1.29, 1.82) is 0 Å². The number of esters is 2. The molecule has 0 N–H and O–H groups in total. The predicted octanol–water partition coefficient (Wildman–Crippen LogP) is 12.8. The molecular weight excluding hydrogens is 645 g/mol. The zero-order valence-corrected chi connectivity index (χ0v) is 34.9. The van der Waals surface area contributed by atoms with Crippen LogP contribution >= 0.6 is 0 Å². The molecule has 0 unspecified atom stereocenters. The van der Waals surface area contributed by atoms with Crippen LogP contribution in [0.1, 0.15) is 214 Å².